The monoisotopic (exact) mass is 478 g/mol. The molecular formula is C28H34N2O3S. The van der Waals surface area contributed by atoms with E-state index >= 15 is 0 Å². The maximum absolute atomic E-state index is 12.6. The van der Waals surface area contributed by atoms with Crippen molar-refractivity contribution in [2.45, 2.75) is 57.9 Å². The van der Waals surface area contributed by atoms with E-state index in [0.717, 1.165) is 16.7 Å². The highest BCUT2D eigenvalue weighted by Gasteiger charge is 2.15. The molecule has 3 rings (SSSR count). The summed E-state index contributed by atoms with van der Waals surface area (Å²) in [4.78, 5) is 12.7. The lowest BCUT2D eigenvalue weighted by molar-refractivity contribution is -0.121. The van der Waals surface area contributed by atoms with Crippen LogP contribution in [0.15, 0.2) is 71.6 Å². The summed E-state index contributed by atoms with van der Waals surface area (Å²) in [5, 5.41) is 3.08. The Morgan fingerprint density at radius 3 is 2.12 bits per heavy atom. The third-order valence-corrected chi connectivity index (χ3v) is 7.63. The highest BCUT2D eigenvalue weighted by atomic mass is 32.2. The summed E-state index contributed by atoms with van der Waals surface area (Å²) >= 11 is 0. The summed E-state index contributed by atoms with van der Waals surface area (Å²) in [5.41, 5.74) is 6.77. The maximum atomic E-state index is 12.6. The van der Waals surface area contributed by atoms with Gasteiger partial charge >= 0.3 is 0 Å². The van der Waals surface area contributed by atoms with Crippen LogP contribution in [0.25, 0.3) is 0 Å². The highest BCUT2D eigenvalue weighted by molar-refractivity contribution is 7.89. The van der Waals surface area contributed by atoms with E-state index in [0.29, 0.717) is 25.8 Å². The summed E-state index contributed by atoms with van der Waals surface area (Å²) in [6, 6.07) is 20.7. The summed E-state index contributed by atoms with van der Waals surface area (Å²) in [7, 11) is -3.57. The lowest BCUT2D eigenvalue weighted by atomic mass is 9.96. The van der Waals surface area contributed by atoms with E-state index in [1.807, 2.05) is 37.3 Å². The first-order valence-electron chi connectivity index (χ1n) is 11.7. The van der Waals surface area contributed by atoms with Gasteiger partial charge in [-0.05, 0) is 86.1 Å². The second kappa shape index (κ2) is 11.4. The molecule has 0 saturated heterocycles. The Hall–Kier alpha value is -2.96. The van der Waals surface area contributed by atoms with Crippen molar-refractivity contribution in [3.05, 3.63) is 100 Å². The molecule has 1 amide bonds. The minimum absolute atomic E-state index is 0.0237. The number of amides is 1. The van der Waals surface area contributed by atoms with E-state index in [-0.39, 0.29) is 16.8 Å². The quantitative estimate of drug-likeness (QED) is 0.433. The van der Waals surface area contributed by atoms with Gasteiger partial charge in [-0.3, -0.25) is 4.79 Å². The van der Waals surface area contributed by atoms with E-state index in [1.54, 1.807) is 24.3 Å². The third kappa shape index (κ3) is 7.02. The molecule has 0 radical (unpaired) electrons. The zero-order chi connectivity index (χ0) is 24.7. The first kappa shape index (κ1) is 25.7. The zero-order valence-electron chi connectivity index (χ0n) is 20.4. The van der Waals surface area contributed by atoms with Crippen LogP contribution < -0.4 is 10.0 Å². The Balaban J connectivity index is 1.50. The van der Waals surface area contributed by atoms with Crippen LogP contribution in [0.4, 0.5) is 0 Å². The molecule has 0 spiro atoms. The van der Waals surface area contributed by atoms with Gasteiger partial charge in [0.1, 0.15) is 0 Å². The van der Waals surface area contributed by atoms with E-state index in [4.69, 9.17) is 0 Å². The average Bonchev–Trinajstić information content (AvgIpc) is 2.81. The molecule has 0 aliphatic rings. The molecule has 3 aromatic rings. The minimum atomic E-state index is -3.57. The fourth-order valence-corrected chi connectivity index (χ4v) is 5.02. The smallest absolute Gasteiger partial charge is 0.240 e. The van der Waals surface area contributed by atoms with E-state index in [1.165, 1.54) is 16.7 Å². The van der Waals surface area contributed by atoms with Crippen molar-refractivity contribution in [1.29, 1.82) is 0 Å². The number of nitrogens with one attached hydrogen (secondary N) is 2. The van der Waals surface area contributed by atoms with Crippen LogP contribution in [-0.2, 0) is 27.7 Å². The van der Waals surface area contributed by atoms with Crippen molar-refractivity contribution in [3.63, 3.8) is 0 Å². The van der Waals surface area contributed by atoms with E-state index < -0.39 is 10.0 Å². The fourth-order valence-electron chi connectivity index (χ4n) is 3.99. The van der Waals surface area contributed by atoms with Crippen LogP contribution in [0, 0.1) is 20.8 Å². The van der Waals surface area contributed by atoms with Gasteiger partial charge < -0.3 is 5.32 Å². The predicted octanol–water partition coefficient (Wildman–Crippen LogP) is 4.94. The highest BCUT2D eigenvalue weighted by Crippen LogP contribution is 2.22. The molecule has 0 unspecified atom stereocenters. The van der Waals surface area contributed by atoms with Crippen molar-refractivity contribution in [3.8, 4) is 0 Å². The second-order valence-corrected chi connectivity index (χ2v) is 10.6. The first-order valence-corrected chi connectivity index (χ1v) is 13.1. The number of hydrogen-bond donors (Lipinski definition) is 2. The van der Waals surface area contributed by atoms with Gasteiger partial charge in [0.2, 0.25) is 15.9 Å². The zero-order valence-corrected chi connectivity index (χ0v) is 21.2. The number of hydrogen-bond acceptors (Lipinski definition) is 3. The Kier molecular flexibility index (Phi) is 8.64. The van der Waals surface area contributed by atoms with Gasteiger partial charge in [0.25, 0.3) is 0 Å². The Labute approximate surface area is 203 Å². The fraction of sp³-hybridized carbons (Fsp3) is 0.321. The molecule has 1 atom stereocenters. The van der Waals surface area contributed by atoms with Crippen LogP contribution in [-0.4, -0.2) is 20.9 Å². The van der Waals surface area contributed by atoms with Crippen LogP contribution in [0.3, 0.4) is 0 Å². The molecule has 5 nitrogen and oxygen atoms in total. The van der Waals surface area contributed by atoms with Crippen LogP contribution in [0.2, 0.25) is 0 Å². The molecule has 0 fully saturated rings. The normalized spacial score (nSPS) is 12.4. The van der Waals surface area contributed by atoms with Gasteiger partial charge in [0.15, 0.2) is 0 Å². The number of sulfonamides is 1. The van der Waals surface area contributed by atoms with Gasteiger partial charge in [-0.15, -0.1) is 0 Å². The molecule has 34 heavy (non-hydrogen) atoms. The average molecular weight is 479 g/mol. The number of carbonyl (C=O) groups is 1. The molecule has 6 heteroatoms. The number of rotatable bonds is 10. The van der Waals surface area contributed by atoms with Gasteiger partial charge in [-0.2, -0.15) is 0 Å². The van der Waals surface area contributed by atoms with E-state index in [9.17, 15) is 13.2 Å². The molecule has 0 aliphatic carbocycles. The van der Waals surface area contributed by atoms with E-state index in [2.05, 4.69) is 42.9 Å². The Morgan fingerprint density at radius 2 is 1.44 bits per heavy atom. The third-order valence-electron chi connectivity index (χ3n) is 6.15. The predicted molar refractivity (Wildman–Crippen MR) is 137 cm³/mol. The van der Waals surface area contributed by atoms with Gasteiger partial charge in [-0.25, -0.2) is 13.1 Å². The van der Waals surface area contributed by atoms with Crippen molar-refractivity contribution in [1.82, 2.24) is 10.0 Å². The largest absolute Gasteiger partial charge is 0.350 e. The standard InChI is InChI=1S/C28H34N2O3S/c1-20-18-22(3)27(19-21(20)2)23(4)30-28(31)15-12-25-10-13-26(14-11-25)34(32,33)29-17-16-24-8-6-5-7-9-24/h5-11,13-14,18-19,23,29H,12,15-17H2,1-4H3,(H,30,31)/t23-/m0/s1. The SMILES string of the molecule is Cc1cc(C)c([C@H](C)NC(=O)CCc2ccc(S(=O)(=O)NCCc3ccccc3)cc2)cc1C. The summed E-state index contributed by atoms with van der Waals surface area (Å²) in [6.07, 6.45) is 1.52. The molecule has 0 bridgehead atoms. The van der Waals surface area contributed by atoms with Gasteiger partial charge in [-0.1, -0.05) is 54.6 Å². The van der Waals surface area contributed by atoms with Gasteiger partial charge in [0, 0.05) is 13.0 Å². The van der Waals surface area contributed by atoms with Crippen LogP contribution in [0.5, 0.6) is 0 Å². The molecule has 0 saturated carbocycles. The Bertz CT molecular complexity index is 1220. The number of aryl methyl sites for hydroxylation is 4. The van der Waals surface area contributed by atoms with Gasteiger partial charge in [0.05, 0.1) is 10.9 Å². The van der Waals surface area contributed by atoms with Crippen LogP contribution >= 0.6 is 0 Å². The second-order valence-electron chi connectivity index (χ2n) is 8.86. The van der Waals surface area contributed by atoms with Crippen molar-refractivity contribution >= 4 is 15.9 Å². The van der Waals surface area contributed by atoms with Crippen molar-refractivity contribution in [2.24, 2.45) is 0 Å². The molecule has 2 N–H and O–H groups in total. The molecule has 0 aromatic heterocycles. The lowest BCUT2D eigenvalue weighted by Crippen LogP contribution is -2.27. The summed E-state index contributed by atoms with van der Waals surface area (Å²) in [5.74, 6) is -0.0237. The lowest BCUT2D eigenvalue weighted by Gasteiger charge is -2.18. The van der Waals surface area contributed by atoms with Crippen LogP contribution in [0.1, 0.15) is 52.8 Å². The Morgan fingerprint density at radius 1 is 0.824 bits per heavy atom. The molecule has 3 aromatic carbocycles. The summed E-state index contributed by atoms with van der Waals surface area (Å²) in [6.45, 7) is 8.57. The molecule has 0 heterocycles. The van der Waals surface area contributed by atoms with Crippen molar-refractivity contribution < 1.29 is 13.2 Å². The molecule has 0 aliphatic heterocycles. The topological polar surface area (TPSA) is 75.3 Å². The molecule has 180 valence electrons. The number of carbonyl (C=O) groups excluding carboxylic acids is 1. The first-order chi connectivity index (χ1) is 16.2. The minimum Gasteiger partial charge on any atom is -0.350 e. The molecular weight excluding hydrogens is 444 g/mol. The maximum Gasteiger partial charge on any atom is 0.240 e. The number of benzene rings is 3. The summed E-state index contributed by atoms with van der Waals surface area (Å²) < 4.78 is 27.8. The van der Waals surface area contributed by atoms with Crippen molar-refractivity contribution in [2.75, 3.05) is 6.54 Å².